The van der Waals surface area contributed by atoms with E-state index in [2.05, 4.69) is 11.4 Å². The molecule has 122 valence electrons. The van der Waals surface area contributed by atoms with Crippen LogP contribution in [0.3, 0.4) is 0 Å². The van der Waals surface area contributed by atoms with E-state index >= 15 is 0 Å². The van der Waals surface area contributed by atoms with E-state index in [4.69, 9.17) is 18.9 Å². The first-order chi connectivity index (χ1) is 10.3. The molecule has 6 nitrogen and oxygen atoms in total. The maximum atomic E-state index is 9.41. The number of ether oxygens (including phenoxy) is 4. The molecule has 1 fully saturated rings. The largest absolute Gasteiger partial charge is 0.382 e. The number of nitriles is 1. The van der Waals surface area contributed by atoms with Crippen molar-refractivity contribution in [3.63, 3.8) is 0 Å². The summed E-state index contributed by atoms with van der Waals surface area (Å²) in [5, 5.41) is 12.7. The topological polar surface area (TPSA) is 72.7 Å². The van der Waals surface area contributed by atoms with Crippen LogP contribution in [0.25, 0.3) is 0 Å². The molecule has 6 heteroatoms. The van der Waals surface area contributed by atoms with E-state index in [0.29, 0.717) is 52.2 Å². The SMILES string of the molecule is CCNC(C#N)(COCCOCCOCCOC)C1CC1. The maximum Gasteiger partial charge on any atom is 0.133 e. The van der Waals surface area contributed by atoms with Crippen LogP contribution in [0.5, 0.6) is 0 Å². The first-order valence-corrected chi connectivity index (χ1v) is 7.67. The van der Waals surface area contributed by atoms with Gasteiger partial charge in [-0.25, -0.2) is 0 Å². The van der Waals surface area contributed by atoms with Gasteiger partial charge in [0.15, 0.2) is 0 Å². The molecule has 0 heterocycles. The van der Waals surface area contributed by atoms with E-state index in [-0.39, 0.29) is 0 Å². The van der Waals surface area contributed by atoms with E-state index in [9.17, 15) is 5.26 Å². The fourth-order valence-electron chi connectivity index (χ4n) is 2.18. The predicted octanol–water partition coefficient (Wildman–Crippen LogP) is 0.964. The minimum atomic E-state index is -0.516. The van der Waals surface area contributed by atoms with Crippen LogP contribution < -0.4 is 5.32 Å². The van der Waals surface area contributed by atoms with Gasteiger partial charge in [-0.2, -0.15) is 5.26 Å². The van der Waals surface area contributed by atoms with E-state index < -0.39 is 5.54 Å². The Morgan fingerprint density at radius 3 is 2.10 bits per heavy atom. The number of hydrogen-bond donors (Lipinski definition) is 1. The molecule has 21 heavy (non-hydrogen) atoms. The van der Waals surface area contributed by atoms with Gasteiger partial charge < -0.3 is 18.9 Å². The molecule has 1 atom stereocenters. The summed E-state index contributed by atoms with van der Waals surface area (Å²) >= 11 is 0. The van der Waals surface area contributed by atoms with Crippen molar-refractivity contribution in [2.45, 2.75) is 25.3 Å². The summed E-state index contributed by atoms with van der Waals surface area (Å²) in [6.07, 6.45) is 2.22. The zero-order valence-corrected chi connectivity index (χ0v) is 13.2. The number of methoxy groups -OCH3 is 1. The first-order valence-electron chi connectivity index (χ1n) is 7.67. The normalized spacial score (nSPS) is 17.4. The Balaban J connectivity index is 2.01. The van der Waals surface area contributed by atoms with Gasteiger partial charge in [0.05, 0.1) is 52.3 Å². The number of rotatable bonds is 14. The highest BCUT2D eigenvalue weighted by Crippen LogP contribution is 2.39. The molecule has 0 aromatic carbocycles. The molecule has 0 bridgehead atoms. The standard InChI is InChI=1S/C15H28N2O4/c1-3-17-15(12-16,14-4-5-14)13-21-11-10-20-9-8-19-7-6-18-2/h14,17H,3-11,13H2,1-2H3. The monoisotopic (exact) mass is 300 g/mol. The van der Waals surface area contributed by atoms with Gasteiger partial charge in [0.25, 0.3) is 0 Å². The minimum Gasteiger partial charge on any atom is -0.382 e. The molecule has 0 amide bonds. The lowest BCUT2D eigenvalue weighted by atomic mass is 9.96. The second kappa shape index (κ2) is 10.9. The highest BCUT2D eigenvalue weighted by atomic mass is 16.6. The van der Waals surface area contributed by atoms with Crippen molar-refractivity contribution in [2.24, 2.45) is 5.92 Å². The molecule has 0 aromatic heterocycles. The van der Waals surface area contributed by atoms with Crippen molar-refractivity contribution in [3.05, 3.63) is 0 Å². The first kappa shape index (κ1) is 18.3. The van der Waals surface area contributed by atoms with Gasteiger partial charge in [0, 0.05) is 7.11 Å². The Labute approximate surface area is 127 Å². The summed E-state index contributed by atoms with van der Waals surface area (Å²) in [5.74, 6) is 0.428. The third-order valence-corrected chi connectivity index (χ3v) is 3.47. The minimum absolute atomic E-state index is 0.426. The Hall–Kier alpha value is -0.710. The highest BCUT2D eigenvalue weighted by molar-refractivity contribution is 5.15. The molecule has 1 unspecified atom stereocenters. The van der Waals surface area contributed by atoms with E-state index in [0.717, 1.165) is 19.4 Å². The van der Waals surface area contributed by atoms with Crippen LogP contribution in [0.4, 0.5) is 0 Å². The Morgan fingerprint density at radius 1 is 1.05 bits per heavy atom. The van der Waals surface area contributed by atoms with E-state index in [1.165, 1.54) is 0 Å². The second-order valence-corrected chi connectivity index (χ2v) is 5.16. The fourth-order valence-corrected chi connectivity index (χ4v) is 2.18. The molecular weight excluding hydrogens is 272 g/mol. The molecule has 1 saturated carbocycles. The van der Waals surface area contributed by atoms with Crippen LogP contribution in [0, 0.1) is 17.2 Å². The van der Waals surface area contributed by atoms with E-state index in [1.807, 2.05) is 6.92 Å². The quantitative estimate of drug-likeness (QED) is 0.482. The van der Waals surface area contributed by atoms with Crippen molar-refractivity contribution in [1.82, 2.24) is 5.32 Å². The lowest BCUT2D eigenvalue weighted by Gasteiger charge is -2.27. The van der Waals surface area contributed by atoms with Crippen LogP contribution in [0.15, 0.2) is 0 Å². The fraction of sp³-hybridized carbons (Fsp3) is 0.933. The zero-order chi connectivity index (χ0) is 15.4. The molecule has 0 radical (unpaired) electrons. The van der Waals surface area contributed by atoms with Crippen molar-refractivity contribution < 1.29 is 18.9 Å². The van der Waals surface area contributed by atoms with Gasteiger partial charge >= 0.3 is 0 Å². The van der Waals surface area contributed by atoms with Gasteiger partial charge in [-0.05, 0) is 25.3 Å². The van der Waals surface area contributed by atoms with Crippen molar-refractivity contribution >= 4 is 0 Å². The lowest BCUT2D eigenvalue weighted by Crippen LogP contribution is -2.50. The molecule has 1 rings (SSSR count). The van der Waals surface area contributed by atoms with Gasteiger partial charge in [-0.1, -0.05) is 6.92 Å². The summed E-state index contributed by atoms with van der Waals surface area (Å²) < 4.78 is 21.2. The van der Waals surface area contributed by atoms with Crippen molar-refractivity contribution in [3.8, 4) is 6.07 Å². The number of nitrogens with one attached hydrogen (secondary N) is 1. The van der Waals surface area contributed by atoms with Crippen LogP contribution >= 0.6 is 0 Å². The summed E-state index contributed by atoms with van der Waals surface area (Å²) in [6, 6.07) is 2.40. The molecule has 1 N–H and O–H groups in total. The molecule has 1 aliphatic rings. The maximum absolute atomic E-state index is 9.41. The summed E-state index contributed by atoms with van der Waals surface area (Å²) in [4.78, 5) is 0. The smallest absolute Gasteiger partial charge is 0.133 e. The van der Waals surface area contributed by atoms with Gasteiger partial charge in [0.2, 0.25) is 0 Å². The molecule has 0 aliphatic heterocycles. The van der Waals surface area contributed by atoms with Crippen LogP contribution in [-0.4, -0.2) is 65.4 Å². The summed E-state index contributed by atoms with van der Waals surface area (Å²) in [6.45, 7) is 6.54. The second-order valence-electron chi connectivity index (χ2n) is 5.16. The Kier molecular flexibility index (Phi) is 9.55. The van der Waals surface area contributed by atoms with Gasteiger partial charge in [-0.15, -0.1) is 0 Å². The number of likely N-dealkylation sites (N-methyl/N-ethyl adjacent to an activating group) is 1. The highest BCUT2D eigenvalue weighted by Gasteiger charge is 2.45. The van der Waals surface area contributed by atoms with Crippen LogP contribution in [0.2, 0.25) is 0 Å². The summed E-state index contributed by atoms with van der Waals surface area (Å²) in [5.41, 5.74) is -0.516. The van der Waals surface area contributed by atoms with Gasteiger partial charge in [-0.3, -0.25) is 5.32 Å². The molecule has 1 aliphatic carbocycles. The predicted molar refractivity (Wildman–Crippen MR) is 79.1 cm³/mol. The molecular formula is C15H28N2O4. The van der Waals surface area contributed by atoms with E-state index in [1.54, 1.807) is 7.11 Å². The Bertz CT molecular complexity index is 305. The average Bonchev–Trinajstić information content (AvgIpc) is 3.33. The summed E-state index contributed by atoms with van der Waals surface area (Å²) in [7, 11) is 1.65. The lowest BCUT2D eigenvalue weighted by molar-refractivity contribution is -0.00424. The number of nitrogens with zero attached hydrogens (tertiary/aromatic N) is 1. The van der Waals surface area contributed by atoms with Crippen molar-refractivity contribution in [1.29, 1.82) is 5.26 Å². The average molecular weight is 300 g/mol. The molecule has 0 aromatic rings. The number of hydrogen-bond acceptors (Lipinski definition) is 6. The molecule has 0 spiro atoms. The Morgan fingerprint density at radius 2 is 1.62 bits per heavy atom. The zero-order valence-electron chi connectivity index (χ0n) is 13.2. The van der Waals surface area contributed by atoms with Crippen LogP contribution in [-0.2, 0) is 18.9 Å². The molecule has 0 saturated heterocycles. The van der Waals surface area contributed by atoms with Crippen molar-refractivity contribution in [2.75, 3.05) is 59.9 Å². The third kappa shape index (κ3) is 7.21. The van der Waals surface area contributed by atoms with Gasteiger partial charge in [0.1, 0.15) is 5.54 Å². The van der Waals surface area contributed by atoms with Crippen LogP contribution in [0.1, 0.15) is 19.8 Å². The third-order valence-electron chi connectivity index (χ3n) is 3.47.